The molecule has 0 saturated heterocycles. The van der Waals surface area contributed by atoms with E-state index in [9.17, 15) is 11.0 Å². The minimum atomic E-state index is -2.69. The highest BCUT2D eigenvalue weighted by Crippen LogP contribution is 2.44. The molecule has 6 heteroatoms. The lowest BCUT2D eigenvalue weighted by molar-refractivity contribution is -0.102. The Labute approximate surface area is 661 Å². The van der Waals surface area contributed by atoms with E-state index in [1.807, 2.05) is 92.6 Å². The van der Waals surface area contributed by atoms with Crippen LogP contribution in [0.4, 0.5) is 0 Å². The standard InChI is InChI=1S/C47H40.C11H16O.C10H14O.2C8H18O.2C5H12O/c1-33-23-25-37(26-24-33)41-28-40(36-19-12-7-13-20-36)31-43(32-41)45-22-14-21-44(46(45)47(2,3)4)42-29-38(34-15-8-5-9-16-34)27-39(30-42)35-17-10-6-11-18-35;1-9-5-7-10(8-6-9)12-11(2,3)4;1-10(2,3)11-9-7-5-4-6-8-9;2*1-7(2,3)9-8(4,5)6;2*1-5(2,3)6-4/h5-32H,1-4H3;5-8H,1-4H3;4-8H,1-3H3;2*1-6H3;2*1-4H3/i5D,6D,7D,8D,9D,10D,11D,12D,13D,14D,15D,16D,17D,18D,19D,20D,21D,22D,23D,24D,25D,26D,27D,28D,29D,31D,32D;5D,6D,7D,8D;;1D3,2D3;;;. The average molecular weight is 1390 g/mol. The summed E-state index contributed by atoms with van der Waals surface area (Å²) in [4.78, 5) is 0. The molecule has 0 atom stereocenters. The Morgan fingerprint density at radius 2 is 0.590 bits per heavy atom. The predicted octanol–water partition coefficient (Wildman–Crippen LogP) is 27.4. The number of para-hydroxylation sites is 1. The summed E-state index contributed by atoms with van der Waals surface area (Å²) < 4.78 is 348. The second-order valence-electron chi connectivity index (χ2n) is 30.8. The fourth-order valence-corrected chi connectivity index (χ4v) is 8.03. The Morgan fingerprint density at radius 3 is 0.920 bits per heavy atom. The Bertz CT molecular complexity index is 5630. The molecule has 0 bridgehead atoms. The summed E-state index contributed by atoms with van der Waals surface area (Å²) in [5.74, 6) is 0.952. The average Bonchev–Trinajstić information content (AvgIpc) is 0.703. The summed E-state index contributed by atoms with van der Waals surface area (Å²) in [6.45, 7) is 44.0. The smallest absolute Gasteiger partial charge is 0.120 e. The first-order chi connectivity index (χ1) is 61.4. The fourth-order valence-electron chi connectivity index (χ4n) is 8.03. The maximum absolute atomic E-state index is 9.88. The number of hydrogen-bond acceptors (Lipinski definition) is 6. The van der Waals surface area contributed by atoms with Gasteiger partial charge in [0.05, 0.1) is 76.1 Å². The van der Waals surface area contributed by atoms with E-state index in [4.69, 9.17) is 68.2 Å². The van der Waals surface area contributed by atoms with E-state index >= 15 is 0 Å². The number of benzene rings is 9. The van der Waals surface area contributed by atoms with Crippen LogP contribution in [0.2, 0.25) is 0 Å². The molecule has 9 aromatic rings. The van der Waals surface area contributed by atoms with Crippen molar-refractivity contribution in [3.05, 3.63) is 240 Å². The van der Waals surface area contributed by atoms with Crippen LogP contribution < -0.4 is 9.47 Å². The topological polar surface area (TPSA) is 55.4 Å². The van der Waals surface area contributed by atoms with Gasteiger partial charge in [-0.1, -0.05) is 195 Å². The molecule has 0 fully saturated rings. The van der Waals surface area contributed by atoms with Crippen molar-refractivity contribution in [1.82, 2.24) is 0 Å². The fraction of sp³-hybridized carbons (Fsp3) is 0.426. The van der Waals surface area contributed by atoms with Gasteiger partial charge in [-0.15, -0.1) is 0 Å². The monoisotopic (exact) mass is 1390 g/mol. The van der Waals surface area contributed by atoms with Crippen LogP contribution in [0, 0.1) is 13.8 Å². The van der Waals surface area contributed by atoms with Crippen molar-refractivity contribution in [3.8, 4) is 78.3 Å². The molecule has 0 aliphatic heterocycles. The molecule has 9 rings (SSSR count). The first-order valence-electron chi connectivity index (χ1n) is 51.1. The summed E-state index contributed by atoms with van der Waals surface area (Å²) in [7, 11) is 3.42. The molecule has 0 aliphatic rings. The van der Waals surface area contributed by atoms with E-state index in [1.165, 1.54) is 27.7 Å². The second-order valence-corrected chi connectivity index (χ2v) is 30.8. The van der Waals surface area contributed by atoms with Gasteiger partial charge in [0, 0.05) is 22.4 Å². The summed E-state index contributed by atoms with van der Waals surface area (Å²) in [6, 6.07) is -13.3. The van der Waals surface area contributed by atoms with E-state index < -0.39 is 266 Å². The Morgan fingerprint density at radius 1 is 0.280 bits per heavy atom. The molecule has 0 N–H and O–H groups in total. The zero-order valence-corrected chi connectivity index (χ0v) is 64.4. The molecule has 0 amide bonds. The first-order valence-corrected chi connectivity index (χ1v) is 32.6. The summed E-state index contributed by atoms with van der Waals surface area (Å²) >= 11 is 0. The quantitative estimate of drug-likeness (QED) is 0.151. The van der Waals surface area contributed by atoms with Gasteiger partial charge in [-0.25, -0.2) is 0 Å². The van der Waals surface area contributed by atoms with Crippen LogP contribution in [-0.2, 0) is 24.4 Å². The number of rotatable bonds is 8. The number of methoxy groups -OCH3 is 2. The third kappa shape index (κ3) is 36.7. The third-order valence-electron chi connectivity index (χ3n) is 11.6. The van der Waals surface area contributed by atoms with Crippen LogP contribution >= 0.6 is 0 Å². The lowest BCUT2D eigenvalue weighted by atomic mass is 9.76. The first kappa shape index (κ1) is 44.7. The lowest BCUT2D eigenvalue weighted by Crippen LogP contribution is -2.31. The van der Waals surface area contributed by atoms with Gasteiger partial charge in [-0.05, 0) is 318 Å². The second kappa shape index (κ2) is 37.9. The molecule has 542 valence electrons. The lowest BCUT2D eigenvalue weighted by Gasteiger charge is -2.30. The van der Waals surface area contributed by atoms with Crippen molar-refractivity contribution in [2.24, 2.45) is 0 Å². The Balaban J connectivity index is 0.000000606. The van der Waals surface area contributed by atoms with Gasteiger partial charge in [0.2, 0.25) is 0 Å². The molecule has 0 aromatic heterocycles. The van der Waals surface area contributed by atoms with Gasteiger partial charge < -0.3 is 28.4 Å². The molecule has 0 spiro atoms. The number of ether oxygens (including phenoxy) is 6. The van der Waals surface area contributed by atoms with Crippen LogP contribution in [0.25, 0.3) is 66.8 Å². The molecular formula is C94H130O6. The van der Waals surface area contributed by atoms with Crippen LogP contribution in [-0.4, -0.2) is 59.0 Å². The van der Waals surface area contributed by atoms with Gasteiger partial charge in [-0.2, -0.15) is 0 Å². The van der Waals surface area contributed by atoms with Gasteiger partial charge in [-0.3, -0.25) is 0 Å². The third-order valence-corrected chi connectivity index (χ3v) is 11.6. The van der Waals surface area contributed by atoms with E-state index in [2.05, 4.69) is 41.5 Å². The molecule has 6 nitrogen and oxygen atoms in total. The minimum absolute atomic E-state index is 0.0156. The zero-order valence-electron chi connectivity index (χ0n) is 101. The Kier molecular flexibility index (Phi) is 17.0. The van der Waals surface area contributed by atoms with Gasteiger partial charge >= 0.3 is 0 Å². The SMILES string of the molecule is CC(C)(C)OC(C)(C)C.CC(C)(C)Oc1ccccc1.COC(C)(C)C.COC(C)(C)C.[2H]C([2H])([2H])C(C)(OC(C)(C)C)C([2H])([2H])[2H].[2H]c1c([2H])c(OC(C)(C)C)c([2H])c([2H])c1C.[2H]c1c([2H])c([2H])c(-c2cc(-c3c([2H])c([2H])c([2H])c(-c4c([2H])c(-c5c([2H])c([2H])c([2H])c([2H])c5[2H])c([2H])c(-c5c([2H])c([2H])c(C)c([2H])c5[2H])c4[2H])c3C(C)(C)C)c([2H])c(-c3c([2H])c([2H])c([2H])c([2H])c3[2H])c2[2H])c([2H])c1[2H]. The van der Waals surface area contributed by atoms with Crippen LogP contribution in [0.5, 0.6) is 11.5 Å². The van der Waals surface area contributed by atoms with Crippen LogP contribution in [0.1, 0.15) is 254 Å². The minimum Gasteiger partial charge on any atom is -0.488 e. The van der Waals surface area contributed by atoms with E-state index in [-0.39, 0.29) is 69.1 Å². The van der Waals surface area contributed by atoms with Gasteiger partial charge in [0.25, 0.3) is 0 Å². The Hall–Kier alpha value is -7.58. The van der Waals surface area contributed by atoms with Crippen molar-refractivity contribution in [1.29, 1.82) is 0 Å². The summed E-state index contributed by atoms with van der Waals surface area (Å²) in [6.07, 6.45) is 0. The highest BCUT2D eigenvalue weighted by molar-refractivity contribution is 5.88. The van der Waals surface area contributed by atoms with E-state index in [1.54, 1.807) is 62.7 Å². The van der Waals surface area contributed by atoms with Gasteiger partial charge in [0.1, 0.15) is 22.7 Å². The molecule has 100 heavy (non-hydrogen) atoms. The molecular weight excluding hydrogens is 1230 g/mol. The zero-order chi connectivity index (χ0) is 108. The highest BCUT2D eigenvalue weighted by atomic mass is 16.5. The van der Waals surface area contributed by atoms with Crippen molar-refractivity contribution >= 4 is 0 Å². The molecule has 0 radical (unpaired) electrons. The molecule has 0 heterocycles. The molecule has 0 saturated carbocycles. The van der Waals surface area contributed by atoms with Gasteiger partial charge in [0.15, 0.2) is 0 Å². The van der Waals surface area contributed by atoms with Crippen molar-refractivity contribution in [3.63, 3.8) is 0 Å². The van der Waals surface area contributed by atoms with Crippen molar-refractivity contribution in [2.75, 3.05) is 14.2 Å². The summed E-state index contributed by atoms with van der Waals surface area (Å²) in [5.41, 5.74) is -13.5. The van der Waals surface area contributed by atoms with Crippen molar-refractivity contribution in [2.45, 2.75) is 251 Å². The van der Waals surface area contributed by atoms with Crippen LogP contribution in [0.3, 0.4) is 0 Å². The summed E-state index contributed by atoms with van der Waals surface area (Å²) in [5, 5.41) is 0. The predicted molar refractivity (Wildman–Crippen MR) is 436 cm³/mol. The van der Waals surface area contributed by atoms with Crippen LogP contribution in [0.15, 0.2) is 224 Å². The largest absolute Gasteiger partial charge is 0.488 e. The normalized spacial score (nSPS) is 17.4. The molecule has 0 unspecified atom stereocenters. The number of hydrogen-bond donors (Lipinski definition) is 0. The molecule has 0 aliphatic carbocycles. The highest BCUT2D eigenvalue weighted by Gasteiger charge is 2.26. The van der Waals surface area contributed by atoms with E-state index in [0.29, 0.717) is 5.56 Å². The molecule has 9 aromatic carbocycles. The van der Waals surface area contributed by atoms with E-state index in [0.717, 1.165) is 18.7 Å². The maximum Gasteiger partial charge on any atom is 0.120 e. The maximum atomic E-state index is 9.88. The van der Waals surface area contributed by atoms with Crippen molar-refractivity contribution < 1.29 is 79.1 Å².